The van der Waals surface area contributed by atoms with Crippen molar-refractivity contribution < 1.29 is 9.53 Å². The van der Waals surface area contributed by atoms with Crippen LogP contribution in [-0.2, 0) is 23.0 Å². The minimum Gasteiger partial charge on any atom is -0.469 e. The predicted octanol–water partition coefficient (Wildman–Crippen LogP) is 1.20. The van der Waals surface area contributed by atoms with Crippen LogP contribution < -0.4 is 0 Å². The standard InChI is InChI=1S/C12H13N3O2/c1-15-10(8-11(16)17-2)13-12(14-15)9-6-4-3-5-7-9/h3-7H,8H2,1-2H3. The van der Waals surface area contributed by atoms with Gasteiger partial charge in [0.05, 0.1) is 7.11 Å². The monoisotopic (exact) mass is 231 g/mol. The molecule has 88 valence electrons. The van der Waals surface area contributed by atoms with E-state index in [1.807, 2.05) is 30.3 Å². The Kier molecular flexibility index (Phi) is 3.18. The van der Waals surface area contributed by atoms with Crippen LogP contribution in [0.4, 0.5) is 0 Å². The van der Waals surface area contributed by atoms with E-state index in [0.717, 1.165) is 5.56 Å². The van der Waals surface area contributed by atoms with Crippen LogP contribution >= 0.6 is 0 Å². The number of carbonyl (C=O) groups excluding carboxylic acids is 1. The molecule has 2 aromatic rings. The number of esters is 1. The summed E-state index contributed by atoms with van der Waals surface area (Å²) in [5, 5.41) is 4.27. The van der Waals surface area contributed by atoms with Crippen LogP contribution in [-0.4, -0.2) is 27.8 Å². The number of ether oxygens (including phenoxy) is 1. The Balaban J connectivity index is 2.28. The third kappa shape index (κ3) is 2.50. The normalized spacial score (nSPS) is 10.2. The second-order valence-electron chi connectivity index (χ2n) is 3.59. The number of aromatic nitrogens is 3. The summed E-state index contributed by atoms with van der Waals surface area (Å²) in [6.07, 6.45) is 0.132. The highest BCUT2D eigenvalue weighted by Gasteiger charge is 2.12. The van der Waals surface area contributed by atoms with Gasteiger partial charge in [-0.2, -0.15) is 5.10 Å². The van der Waals surface area contributed by atoms with E-state index in [1.54, 1.807) is 11.7 Å². The summed E-state index contributed by atoms with van der Waals surface area (Å²) in [6, 6.07) is 9.63. The Bertz CT molecular complexity index is 520. The van der Waals surface area contributed by atoms with Gasteiger partial charge in [0.25, 0.3) is 0 Å². The fourth-order valence-corrected chi connectivity index (χ4v) is 1.48. The molecule has 0 atom stereocenters. The van der Waals surface area contributed by atoms with Crippen molar-refractivity contribution in [2.45, 2.75) is 6.42 Å². The molecule has 0 fully saturated rings. The van der Waals surface area contributed by atoms with Gasteiger partial charge in [0.1, 0.15) is 12.2 Å². The molecule has 0 aliphatic rings. The lowest BCUT2D eigenvalue weighted by atomic mass is 10.2. The third-order valence-electron chi connectivity index (χ3n) is 2.42. The summed E-state index contributed by atoms with van der Waals surface area (Å²) in [5.74, 6) is 0.891. The van der Waals surface area contributed by atoms with Crippen LogP contribution in [0.3, 0.4) is 0 Å². The van der Waals surface area contributed by atoms with Crippen molar-refractivity contribution in [2.75, 3.05) is 7.11 Å². The molecule has 1 aromatic carbocycles. The van der Waals surface area contributed by atoms with Crippen LogP contribution in [0.2, 0.25) is 0 Å². The van der Waals surface area contributed by atoms with Crippen LogP contribution in [0, 0.1) is 0 Å². The molecule has 0 amide bonds. The van der Waals surface area contributed by atoms with Crippen molar-refractivity contribution in [2.24, 2.45) is 7.05 Å². The molecule has 17 heavy (non-hydrogen) atoms. The Labute approximate surface area is 99.1 Å². The highest BCUT2D eigenvalue weighted by atomic mass is 16.5. The molecular weight excluding hydrogens is 218 g/mol. The minimum atomic E-state index is -0.319. The highest BCUT2D eigenvalue weighted by molar-refractivity contribution is 5.71. The third-order valence-corrected chi connectivity index (χ3v) is 2.42. The van der Waals surface area contributed by atoms with Crippen molar-refractivity contribution in [3.05, 3.63) is 36.2 Å². The summed E-state index contributed by atoms with van der Waals surface area (Å²) >= 11 is 0. The van der Waals surface area contributed by atoms with Crippen molar-refractivity contribution in [1.29, 1.82) is 0 Å². The van der Waals surface area contributed by atoms with Gasteiger partial charge >= 0.3 is 5.97 Å². The first-order valence-corrected chi connectivity index (χ1v) is 5.23. The van der Waals surface area contributed by atoms with Gasteiger partial charge < -0.3 is 4.74 Å². The average Bonchev–Trinajstić information content (AvgIpc) is 2.72. The molecule has 0 saturated heterocycles. The van der Waals surface area contributed by atoms with Gasteiger partial charge in [-0.1, -0.05) is 30.3 Å². The maximum atomic E-state index is 11.2. The van der Waals surface area contributed by atoms with Crippen molar-refractivity contribution in [3.63, 3.8) is 0 Å². The second kappa shape index (κ2) is 4.78. The first-order valence-electron chi connectivity index (χ1n) is 5.23. The zero-order valence-electron chi connectivity index (χ0n) is 9.75. The average molecular weight is 231 g/mol. The Morgan fingerprint density at radius 1 is 1.35 bits per heavy atom. The van der Waals surface area contributed by atoms with E-state index < -0.39 is 0 Å². The molecule has 5 nitrogen and oxygen atoms in total. The maximum absolute atomic E-state index is 11.2. The predicted molar refractivity (Wildman–Crippen MR) is 62.2 cm³/mol. The van der Waals surface area contributed by atoms with Gasteiger partial charge in [0.2, 0.25) is 0 Å². The van der Waals surface area contributed by atoms with E-state index in [1.165, 1.54) is 7.11 Å². The molecular formula is C12H13N3O2. The van der Waals surface area contributed by atoms with Gasteiger partial charge in [-0.15, -0.1) is 0 Å². The molecule has 0 N–H and O–H groups in total. The van der Waals surface area contributed by atoms with Gasteiger partial charge in [-0.3, -0.25) is 9.48 Å². The number of carbonyl (C=O) groups is 1. The molecule has 0 saturated carbocycles. The van der Waals surface area contributed by atoms with Gasteiger partial charge in [-0.25, -0.2) is 4.98 Å². The van der Waals surface area contributed by atoms with Crippen molar-refractivity contribution >= 4 is 5.97 Å². The summed E-state index contributed by atoms with van der Waals surface area (Å²) in [4.78, 5) is 15.5. The maximum Gasteiger partial charge on any atom is 0.313 e. The fourth-order valence-electron chi connectivity index (χ4n) is 1.48. The molecule has 1 heterocycles. The molecule has 0 spiro atoms. The number of benzene rings is 1. The first kappa shape index (κ1) is 11.3. The van der Waals surface area contributed by atoms with E-state index in [2.05, 4.69) is 14.8 Å². The zero-order chi connectivity index (χ0) is 12.3. The molecule has 5 heteroatoms. The molecule has 0 unspecified atom stereocenters. The van der Waals surface area contributed by atoms with Crippen LogP contribution in [0.1, 0.15) is 5.82 Å². The van der Waals surface area contributed by atoms with Crippen molar-refractivity contribution in [1.82, 2.24) is 14.8 Å². The number of methoxy groups -OCH3 is 1. The summed E-state index contributed by atoms with van der Waals surface area (Å²) in [7, 11) is 3.12. The minimum absolute atomic E-state index is 0.132. The molecule has 1 aromatic heterocycles. The van der Waals surface area contributed by atoms with Gasteiger partial charge in [0.15, 0.2) is 5.82 Å². The summed E-state index contributed by atoms with van der Waals surface area (Å²) in [6.45, 7) is 0. The first-order chi connectivity index (χ1) is 8.20. The summed E-state index contributed by atoms with van der Waals surface area (Å²) in [5.41, 5.74) is 0.930. The number of hydrogen-bond donors (Lipinski definition) is 0. The molecule has 0 aliphatic carbocycles. The van der Waals surface area contributed by atoms with E-state index in [0.29, 0.717) is 11.6 Å². The number of rotatable bonds is 3. The number of aryl methyl sites for hydroxylation is 1. The van der Waals surface area contributed by atoms with Gasteiger partial charge in [0, 0.05) is 12.6 Å². The van der Waals surface area contributed by atoms with Gasteiger partial charge in [-0.05, 0) is 0 Å². The molecule has 0 radical (unpaired) electrons. The van der Waals surface area contributed by atoms with E-state index in [9.17, 15) is 4.79 Å². The SMILES string of the molecule is COC(=O)Cc1nc(-c2ccccc2)nn1C. The number of nitrogens with zero attached hydrogens (tertiary/aromatic N) is 3. The molecule has 2 rings (SSSR count). The number of hydrogen-bond acceptors (Lipinski definition) is 4. The zero-order valence-corrected chi connectivity index (χ0v) is 9.75. The largest absolute Gasteiger partial charge is 0.469 e. The second-order valence-corrected chi connectivity index (χ2v) is 3.59. The Morgan fingerprint density at radius 2 is 2.06 bits per heavy atom. The lowest BCUT2D eigenvalue weighted by Crippen LogP contribution is -2.09. The topological polar surface area (TPSA) is 57.0 Å². The van der Waals surface area contributed by atoms with Crippen LogP contribution in [0.25, 0.3) is 11.4 Å². The Hall–Kier alpha value is -2.17. The fraction of sp³-hybridized carbons (Fsp3) is 0.250. The molecule has 0 bridgehead atoms. The van der Waals surface area contributed by atoms with E-state index >= 15 is 0 Å². The van der Waals surface area contributed by atoms with Crippen LogP contribution in [0.15, 0.2) is 30.3 Å². The van der Waals surface area contributed by atoms with Crippen LogP contribution in [0.5, 0.6) is 0 Å². The highest BCUT2D eigenvalue weighted by Crippen LogP contribution is 2.14. The lowest BCUT2D eigenvalue weighted by molar-refractivity contribution is -0.139. The Morgan fingerprint density at radius 3 is 2.71 bits per heavy atom. The van der Waals surface area contributed by atoms with E-state index in [-0.39, 0.29) is 12.4 Å². The van der Waals surface area contributed by atoms with Crippen molar-refractivity contribution in [3.8, 4) is 11.4 Å². The van der Waals surface area contributed by atoms with E-state index in [4.69, 9.17) is 0 Å². The summed E-state index contributed by atoms with van der Waals surface area (Å²) < 4.78 is 6.20. The quantitative estimate of drug-likeness (QED) is 0.745. The molecule has 0 aliphatic heterocycles. The lowest BCUT2D eigenvalue weighted by Gasteiger charge is -1.97. The smallest absolute Gasteiger partial charge is 0.313 e.